The Hall–Kier alpha value is -4.25. The Kier molecular flexibility index (Phi) is 8.77. The van der Waals surface area contributed by atoms with Crippen LogP contribution in [-0.4, -0.2) is 51.9 Å². The van der Waals surface area contributed by atoms with E-state index in [-0.39, 0.29) is 17.4 Å². The number of rotatable bonds is 7. The Morgan fingerprint density at radius 2 is 1.76 bits per heavy atom. The first-order valence-corrected chi connectivity index (χ1v) is 14.2. The second kappa shape index (κ2) is 12.1. The van der Waals surface area contributed by atoms with Gasteiger partial charge in [-0.2, -0.15) is 0 Å². The lowest BCUT2D eigenvalue weighted by Gasteiger charge is -2.48. The average Bonchev–Trinajstić information content (AvgIpc) is 3.32. The summed E-state index contributed by atoms with van der Waals surface area (Å²) in [5, 5.41) is 5.51. The maximum atomic E-state index is 13.5. The number of aryl methyl sites for hydroxylation is 1. The fraction of sp³-hybridized carbons (Fsp3) is 0.367. The van der Waals surface area contributed by atoms with Crippen molar-refractivity contribution < 1.29 is 23.9 Å². The predicted octanol–water partition coefficient (Wildman–Crippen LogP) is 4.33. The van der Waals surface area contributed by atoms with E-state index in [9.17, 15) is 19.2 Å². The SMILES string of the molecule is Cc1csc(CN(C)C(=O)c2cccc(C(=O)NNC(=O)[C@]3(NC(=O)OC(C)(C)C)CC[C@@H]3c3ccccc3)c2)n1. The molecule has 10 nitrogen and oxygen atoms in total. The fourth-order valence-corrected chi connectivity index (χ4v) is 5.56. The molecule has 0 saturated heterocycles. The van der Waals surface area contributed by atoms with Gasteiger partial charge in [-0.05, 0) is 64.3 Å². The van der Waals surface area contributed by atoms with Crippen molar-refractivity contribution in [3.8, 4) is 0 Å². The zero-order valence-corrected chi connectivity index (χ0v) is 24.6. The summed E-state index contributed by atoms with van der Waals surface area (Å²) in [4.78, 5) is 58.2. The normalized spacial score (nSPS) is 18.0. The molecule has 2 aromatic carbocycles. The summed E-state index contributed by atoms with van der Waals surface area (Å²) in [6.45, 7) is 7.47. The Bertz CT molecular complexity index is 1430. The highest BCUT2D eigenvalue weighted by Crippen LogP contribution is 2.46. The summed E-state index contributed by atoms with van der Waals surface area (Å²) in [6, 6.07) is 15.7. The van der Waals surface area contributed by atoms with Crippen LogP contribution in [0.15, 0.2) is 60.0 Å². The molecular formula is C30H35N5O5S. The highest BCUT2D eigenvalue weighted by Gasteiger charge is 2.55. The number of ether oxygens (including phenoxy) is 1. The van der Waals surface area contributed by atoms with E-state index in [1.807, 2.05) is 42.6 Å². The van der Waals surface area contributed by atoms with Crippen molar-refractivity contribution in [1.29, 1.82) is 0 Å². The third kappa shape index (κ3) is 7.10. The van der Waals surface area contributed by atoms with Gasteiger partial charge in [0, 0.05) is 35.2 Å². The van der Waals surface area contributed by atoms with E-state index in [0.717, 1.165) is 16.3 Å². The van der Waals surface area contributed by atoms with Crippen LogP contribution in [0.1, 0.15) is 76.5 Å². The molecule has 0 spiro atoms. The smallest absolute Gasteiger partial charge is 0.408 e. The summed E-state index contributed by atoms with van der Waals surface area (Å²) >= 11 is 1.48. The number of amides is 4. The number of carbonyl (C=O) groups excluding carboxylic acids is 4. The van der Waals surface area contributed by atoms with E-state index in [1.165, 1.54) is 22.3 Å². The van der Waals surface area contributed by atoms with Crippen molar-refractivity contribution in [2.24, 2.45) is 0 Å². The molecule has 1 aliphatic rings. The summed E-state index contributed by atoms with van der Waals surface area (Å²) in [5.41, 5.74) is 5.16. The van der Waals surface area contributed by atoms with Crippen molar-refractivity contribution in [3.63, 3.8) is 0 Å². The summed E-state index contributed by atoms with van der Waals surface area (Å²) in [5.74, 6) is -1.75. The quantitative estimate of drug-likeness (QED) is 0.359. The largest absolute Gasteiger partial charge is 0.444 e. The summed E-state index contributed by atoms with van der Waals surface area (Å²) in [7, 11) is 1.67. The van der Waals surface area contributed by atoms with Gasteiger partial charge in [0.1, 0.15) is 16.1 Å². The van der Waals surface area contributed by atoms with Gasteiger partial charge in [-0.25, -0.2) is 9.78 Å². The Balaban J connectivity index is 1.45. The fourth-order valence-electron chi connectivity index (χ4n) is 4.74. The standard InChI is InChI=1S/C30H35N5O5S/c1-19-18-41-24(31-19)17-35(5)26(37)22-13-9-12-21(16-22)25(36)33-34-27(38)30(32-28(39)40-29(2,3)4)15-14-23(30)20-10-7-6-8-11-20/h6-13,16,18,23H,14-15,17H2,1-5H3,(H,32,39)(H,33,36)(H,34,38)/t23-,30+/m1/s1. The van der Waals surface area contributed by atoms with Crippen molar-refractivity contribution in [1.82, 2.24) is 26.1 Å². The minimum Gasteiger partial charge on any atom is -0.444 e. The van der Waals surface area contributed by atoms with Crippen LogP contribution in [0.2, 0.25) is 0 Å². The number of carbonyl (C=O) groups is 4. The first-order valence-electron chi connectivity index (χ1n) is 13.3. The van der Waals surface area contributed by atoms with Gasteiger partial charge in [0.25, 0.3) is 17.7 Å². The first kappa shape index (κ1) is 29.7. The molecular weight excluding hydrogens is 542 g/mol. The van der Waals surface area contributed by atoms with E-state index in [2.05, 4.69) is 21.2 Å². The lowest BCUT2D eigenvalue weighted by molar-refractivity contribution is -0.133. The number of hydrogen-bond donors (Lipinski definition) is 3. The van der Waals surface area contributed by atoms with E-state index < -0.39 is 29.0 Å². The molecule has 3 N–H and O–H groups in total. The van der Waals surface area contributed by atoms with Crippen LogP contribution in [0, 0.1) is 6.92 Å². The van der Waals surface area contributed by atoms with Gasteiger partial charge in [0.2, 0.25) is 0 Å². The second-order valence-electron chi connectivity index (χ2n) is 11.1. The molecule has 1 aromatic heterocycles. The number of alkyl carbamates (subject to hydrolysis) is 1. The third-order valence-corrected chi connectivity index (χ3v) is 7.75. The molecule has 1 fully saturated rings. The Morgan fingerprint density at radius 3 is 2.37 bits per heavy atom. The highest BCUT2D eigenvalue weighted by molar-refractivity contribution is 7.09. The van der Waals surface area contributed by atoms with Crippen molar-refractivity contribution >= 4 is 35.2 Å². The van der Waals surface area contributed by atoms with Gasteiger partial charge in [0.05, 0.1) is 6.54 Å². The molecule has 1 saturated carbocycles. The van der Waals surface area contributed by atoms with E-state index in [0.29, 0.717) is 24.9 Å². The number of aromatic nitrogens is 1. The minimum absolute atomic E-state index is 0.192. The third-order valence-electron chi connectivity index (χ3n) is 6.80. The van der Waals surface area contributed by atoms with E-state index in [4.69, 9.17) is 4.74 Å². The molecule has 1 aliphatic carbocycles. The van der Waals surface area contributed by atoms with Crippen LogP contribution in [-0.2, 0) is 16.1 Å². The zero-order chi connectivity index (χ0) is 29.8. The second-order valence-corrected chi connectivity index (χ2v) is 12.1. The van der Waals surface area contributed by atoms with Gasteiger partial charge < -0.3 is 15.0 Å². The topological polar surface area (TPSA) is 130 Å². The molecule has 0 bridgehead atoms. The summed E-state index contributed by atoms with van der Waals surface area (Å²) < 4.78 is 5.44. The number of hydrogen-bond acceptors (Lipinski definition) is 7. The minimum atomic E-state index is -1.31. The van der Waals surface area contributed by atoms with Gasteiger partial charge in [0.15, 0.2) is 0 Å². The number of nitrogens with one attached hydrogen (secondary N) is 3. The molecule has 2 atom stereocenters. The molecule has 4 amide bonds. The lowest BCUT2D eigenvalue weighted by atomic mass is 9.63. The van der Waals surface area contributed by atoms with Gasteiger partial charge in [-0.1, -0.05) is 36.4 Å². The predicted molar refractivity (Wildman–Crippen MR) is 155 cm³/mol. The number of benzene rings is 2. The van der Waals surface area contributed by atoms with Crippen LogP contribution in [0.25, 0.3) is 0 Å². The van der Waals surface area contributed by atoms with Crippen molar-refractivity contribution in [3.05, 3.63) is 87.4 Å². The lowest BCUT2D eigenvalue weighted by Crippen LogP contribution is -2.69. The molecule has 0 radical (unpaired) electrons. The average molecular weight is 578 g/mol. The number of hydrazine groups is 1. The highest BCUT2D eigenvalue weighted by atomic mass is 32.1. The van der Waals surface area contributed by atoms with Crippen molar-refractivity contribution in [2.75, 3.05) is 7.05 Å². The van der Waals surface area contributed by atoms with E-state index in [1.54, 1.807) is 46.0 Å². The molecule has 216 valence electrons. The maximum absolute atomic E-state index is 13.5. The van der Waals surface area contributed by atoms with Crippen LogP contribution >= 0.6 is 11.3 Å². The first-order chi connectivity index (χ1) is 19.4. The molecule has 11 heteroatoms. The van der Waals surface area contributed by atoms with E-state index >= 15 is 0 Å². The Morgan fingerprint density at radius 1 is 1.05 bits per heavy atom. The van der Waals surface area contributed by atoms with Crippen LogP contribution < -0.4 is 16.2 Å². The van der Waals surface area contributed by atoms with Crippen LogP contribution in [0.3, 0.4) is 0 Å². The molecule has 1 heterocycles. The molecule has 0 aliphatic heterocycles. The molecule has 41 heavy (non-hydrogen) atoms. The van der Waals surface area contributed by atoms with Gasteiger partial charge in [-0.3, -0.25) is 25.2 Å². The van der Waals surface area contributed by atoms with Crippen molar-refractivity contribution in [2.45, 2.75) is 64.1 Å². The monoisotopic (exact) mass is 577 g/mol. The number of nitrogens with zero attached hydrogens (tertiary/aromatic N) is 2. The summed E-state index contributed by atoms with van der Waals surface area (Å²) in [6.07, 6.45) is 0.310. The van der Waals surface area contributed by atoms with Gasteiger partial charge >= 0.3 is 6.09 Å². The zero-order valence-electron chi connectivity index (χ0n) is 23.8. The number of thiazole rings is 1. The van der Waals surface area contributed by atoms with Gasteiger partial charge in [-0.15, -0.1) is 11.3 Å². The molecule has 3 aromatic rings. The maximum Gasteiger partial charge on any atom is 0.408 e. The Labute approximate surface area is 243 Å². The molecule has 4 rings (SSSR count). The molecule has 0 unspecified atom stereocenters. The van der Waals surface area contributed by atoms with Crippen LogP contribution in [0.5, 0.6) is 0 Å². The van der Waals surface area contributed by atoms with Crippen LogP contribution in [0.4, 0.5) is 4.79 Å².